The molecule has 0 bridgehead atoms. The Kier molecular flexibility index (Phi) is 12.0. The lowest BCUT2D eigenvalue weighted by Gasteiger charge is -2.37. The maximum atomic E-state index is 5.72. The molecule has 1 aromatic carbocycles. The van der Waals surface area contributed by atoms with Gasteiger partial charge in [-0.05, 0) is 45.1 Å². The van der Waals surface area contributed by atoms with Crippen molar-refractivity contribution in [2.24, 2.45) is 4.99 Å². The van der Waals surface area contributed by atoms with E-state index < -0.39 is 0 Å². The Balaban J connectivity index is 0.00000320. The lowest BCUT2D eigenvalue weighted by Crippen LogP contribution is -2.49. The summed E-state index contributed by atoms with van der Waals surface area (Å²) >= 11 is 0. The number of halogens is 1. The Morgan fingerprint density at radius 3 is 2.67 bits per heavy atom. The van der Waals surface area contributed by atoms with Crippen molar-refractivity contribution < 1.29 is 9.47 Å². The van der Waals surface area contributed by atoms with Gasteiger partial charge in [0.05, 0.1) is 25.9 Å². The monoisotopic (exact) mass is 530 g/mol. The largest absolute Gasteiger partial charge is 0.377 e. The number of piperidine rings is 1. The molecule has 1 aromatic rings. The van der Waals surface area contributed by atoms with E-state index in [0.29, 0.717) is 31.8 Å². The van der Waals surface area contributed by atoms with Gasteiger partial charge in [0.1, 0.15) is 0 Å². The fourth-order valence-corrected chi connectivity index (χ4v) is 4.10. The van der Waals surface area contributed by atoms with E-state index in [9.17, 15) is 0 Å². The molecule has 2 saturated heterocycles. The molecule has 2 N–H and O–H groups in total. The lowest BCUT2D eigenvalue weighted by molar-refractivity contribution is 0.0200. The molecule has 2 aliphatic heterocycles. The van der Waals surface area contributed by atoms with Crippen molar-refractivity contribution >= 4 is 29.9 Å². The van der Waals surface area contributed by atoms with Gasteiger partial charge in [-0.15, -0.1) is 24.0 Å². The van der Waals surface area contributed by atoms with E-state index in [-0.39, 0.29) is 30.1 Å². The molecule has 0 aliphatic carbocycles. The highest BCUT2D eigenvalue weighted by Gasteiger charge is 2.24. The van der Waals surface area contributed by atoms with Crippen LogP contribution in [0, 0.1) is 0 Å². The molecule has 6 nitrogen and oxygen atoms in total. The van der Waals surface area contributed by atoms with Crippen LogP contribution in [-0.4, -0.2) is 69.0 Å². The van der Waals surface area contributed by atoms with Gasteiger partial charge in [-0.25, -0.2) is 0 Å². The number of benzene rings is 1. The number of likely N-dealkylation sites (tertiary alicyclic amines) is 1. The van der Waals surface area contributed by atoms with Crippen LogP contribution >= 0.6 is 24.0 Å². The second-order valence-corrected chi connectivity index (χ2v) is 8.01. The Morgan fingerprint density at radius 2 is 2.00 bits per heavy atom. The van der Waals surface area contributed by atoms with Gasteiger partial charge in [0.2, 0.25) is 0 Å². The third-order valence-electron chi connectivity index (χ3n) is 5.88. The molecule has 0 saturated carbocycles. The van der Waals surface area contributed by atoms with E-state index in [1.165, 1.54) is 5.56 Å². The lowest BCUT2D eigenvalue weighted by atomic mass is 10.0. The Hall–Kier alpha value is -0.900. The van der Waals surface area contributed by atoms with Crippen molar-refractivity contribution in [2.45, 2.75) is 57.7 Å². The zero-order valence-electron chi connectivity index (χ0n) is 18.5. The number of hydrogen-bond donors (Lipinski definition) is 2. The molecule has 2 fully saturated rings. The summed E-state index contributed by atoms with van der Waals surface area (Å²) < 4.78 is 11.3. The van der Waals surface area contributed by atoms with Gasteiger partial charge >= 0.3 is 0 Å². The SMILES string of the molecule is CCNC(=NCCOCC1CCCO1)NC1CCN(C(C)c2ccccc2)CC1.I. The molecule has 2 atom stereocenters. The van der Waals surface area contributed by atoms with Gasteiger partial charge < -0.3 is 20.1 Å². The number of nitrogens with one attached hydrogen (secondary N) is 2. The van der Waals surface area contributed by atoms with Gasteiger partial charge in [-0.3, -0.25) is 9.89 Å². The van der Waals surface area contributed by atoms with Crippen molar-refractivity contribution in [3.05, 3.63) is 35.9 Å². The van der Waals surface area contributed by atoms with Crippen LogP contribution < -0.4 is 10.6 Å². The second-order valence-electron chi connectivity index (χ2n) is 8.01. The van der Waals surface area contributed by atoms with Crippen LogP contribution in [0.3, 0.4) is 0 Å². The summed E-state index contributed by atoms with van der Waals surface area (Å²) in [4.78, 5) is 7.27. The minimum atomic E-state index is 0. The first kappa shape index (κ1) is 25.4. The first-order valence-electron chi connectivity index (χ1n) is 11.3. The predicted octanol–water partition coefficient (Wildman–Crippen LogP) is 3.58. The Bertz CT molecular complexity index is 602. The average Bonchev–Trinajstić information content (AvgIpc) is 3.28. The highest BCUT2D eigenvalue weighted by molar-refractivity contribution is 14.0. The molecule has 170 valence electrons. The number of hydrogen-bond acceptors (Lipinski definition) is 4. The molecular formula is C23H39IN4O2. The van der Waals surface area contributed by atoms with Crippen LogP contribution in [0.2, 0.25) is 0 Å². The quantitative estimate of drug-likeness (QED) is 0.221. The smallest absolute Gasteiger partial charge is 0.191 e. The van der Waals surface area contributed by atoms with Crippen LogP contribution in [0.4, 0.5) is 0 Å². The minimum absolute atomic E-state index is 0. The molecule has 0 amide bonds. The van der Waals surface area contributed by atoms with Crippen molar-refractivity contribution in [1.29, 1.82) is 0 Å². The normalized spacial score (nSPS) is 21.8. The number of guanidine groups is 1. The molecule has 2 unspecified atom stereocenters. The summed E-state index contributed by atoms with van der Waals surface area (Å²) in [5.41, 5.74) is 1.40. The molecule has 2 aliphatic rings. The summed E-state index contributed by atoms with van der Waals surface area (Å²) in [6.07, 6.45) is 4.83. The summed E-state index contributed by atoms with van der Waals surface area (Å²) in [5.74, 6) is 0.905. The highest BCUT2D eigenvalue weighted by atomic mass is 127. The first-order chi connectivity index (χ1) is 14.3. The number of aliphatic imine (C=N–C) groups is 1. The van der Waals surface area contributed by atoms with E-state index in [1.54, 1.807) is 0 Å². The van der Waals surface area contributed by atoms with E-state index >= 15 is 0 Å². The van der Waals surface area contributed by atoms with Gasteiger partial charge in [0.25, 0.3) is 0 Å². The van der Waals surface area contributed by atoms with Crippen molar-refractivity contribution in [3.8, 4) is 0 Å². The van der Waals surface area contributed by atoms with E-state index in [0.717, 1.165) is 57.9 Å². The summed E-state index contributed by atoms with van der Waals surface area (Å²) in [5, 5.41) is 6.99. The maximum absolute atomic E-state index is 5.72. The molecule has 0 aromatic heterocycles. The van der Waals surface area contributed by atoms with Crippen LogP contribution in [0.15, 0.2) is 35.3 Å². The van der Waals surface area contributed by atoms with Crippen molar-refractivity contribution in [1.82, 2.24) is 15.5 Å². The molecule has 2 heterocycles. The Labute approximate surface area is 199 Å². The van der Waals surface area contributed by atoms with Gasteiger partial charge in [-0.2, -0.15) is 0 Å². The third kappa shape index (κ3) is 8.32. The summed E-state index contributed by atoms with van der Waals surface area (Å²) in [6, 6.07) is 11.7. The molecule has 3 rings (SSSR count). The number of nitrogens with zero attached hydrogens (tertiary/aromatic N) is 2. The summed E-state index contributed by atoms with van der Waals surface area (Å²) in [6.45, 7) is 10.4. The van der Waals surface area contributed by atoms with Crippen LogP contribution in [-0.2, 0) is 9.47 Å². The van der Waals surface area contributed by atoms with Crippen LogP contribution in [0.5, 0.6) is 0 Å². The number of ether oxygens (including phenoxy) is 2. The van der Waals surface area contributed by atoms with E-state index in [2.05, 4.69) is 64.7 Å². The standard InChI is InChI=1S/C23H38N4O2.HI/c1-3-24-23(25-13-17-28-18-22-10-7-16-29-22)26-21-11-14-27(15-12-21)19(2)20-8-5-4-6-9-20;/h4-6,8-9,19,21-22H,3,7,10-18H2,1-2H3,(H2,24,25,26);1H. The average molecular weight is 530 g/mol. The molecule has 7 heteroatoms. The molecule has 30 heavy (non-hydrogen) atoms. The predicted molar refractivity (Wildman–Crippen MR) is 134 cm³/mol. The zero-order chi connectivity index (χ0) is 20.3. The zero-order valence-corrected chi connectivity index (χ0v) is 20.8. The molecule has 0 radical (unpaired) electrons. The van der Waals surface area contributed by atoms with Crippen LogP contribution in [0.1, 0.15) is 51.1 Å². The molecular weight excluding hydrogens is 491 g/mol. The minimum Gasteiger partial charge on any atom is -0.377 e. The first-order valence-corrected chi connectivity index (χ1v) is 11.3. The maximum Gasteiger partial charge on any atom is 0.191 e. The third-order valence-corrected chi connectivity index (χ3v) is 5.88. The van der Waals surface area contributed by atoms with Gasteiger partial charge in [0, 0.05) is 38.3 Å². The van der Waals surface area contributed by atoms with E-state index in [1.807, 2.05) is 0 Å². The van der Waals surface area contributed by atoms with E-state index in [4.69, 9.17) is 9.47 Å². The van der Waals surface area contributed by atoms with Crippen molar-refractivity contribution in [2.75, 3.05) is 46.0 Å². The molecule has 0 spiro atoms. The number of rotatable bonds is 9. The Morgan fingerprint density at radius 1 is 1.23 bits per heavy atom. The van der Waals surface area contributed by atoms with Crippen LogP contribution in [0.25, 0.3) is 0 Å². The summed E-state index contributed by atoms with van der Waals surface area (Å²) in [7, 11) is 0. The topological polar surface area (TPSA) is 58.1 Å². The van der Waals surface area contributed by atoms with Crippen molar-refractivity contribution in [3.63, 3.8) is 0 Å². The fraction of sp³-hybridized carbons (Fsp3) is 0.696. The van der Waals surface area contributed by atoms with Gasteiger partial charge in [-0.1, -0.05) is 30.3 Å². The second kappa shape index (κ2) is 14.2. The highest BCUT2D eigenvalue weighted by Crippen LogP contribution is 2.23. The fourth-order valence-electron chi connectivity index (χ4n) is 4.10. The van der Waals surface area contributed by atoms with Gasteiger partial charge in [0.15, 0.2) is 5.96 Å².